The van der Waals surface area contributed by atoms with Gasteiger partial charge in [0.25, 0.3) is 0 Å². The molecule has 4 heteroatoms. The maximum atomic E-state index is 5.43. The number of likely N-dealkylation sites (tertiary alicyclic amines) is 1. The average Bonchev–Trinajstić information content (AvgIpc) is 3.09. The first-order valence-electron chi connectivity index (χ1n) is 6.94. The molecule has 1 atom stereocenters. The van der Waals surface area contributed by atoms with Gasteiger partial charge in [-0.05, 0) is 32.2 Å². The van der Waals surface area contributed by atoms with Crippen molar-refractivity contribution >= 4 is 0 Å². The second-order valence-electron chi connectivity index (χ2n) is 5.12. The van der Waals surface area contributed by atoms with Crippen LogP contribution in [0.5, 0.6) is 0 Å². The summed E-state index contributed by atoms with van der Waals surface area (Å²) >= 11 is 0. The predicted molar refractivity (Wildman–Crippen MR) is 68.3 cm³/mol. The molecule has 0 spiro atoms. The summed E-state index contributed by atoms with van der Waals surface area (Å²) in [4.78, 5) is 2.65. The topological polar surface area (TPSA) is 33.7 Å². The fraction of sp³-hybridized carbons (Fsp3) is 1.00. The van der Waals surface area contributed by atoms with Crippen LogP contribution in [0.2, 0.25) is 0 Å². The lowest BCUT2D eigenvalue weighted by Gasteiger charge is -2.15. The van der Waals surface area contributed by atoms with Crippen LogP contribution < -0.4 is 5.32 Å². The SMILES string of the molecule is COCCOCCCNC1CCN(C2CC2)C1. The molecule has 1 unspecified atom stereocenters. The quantitative estimate of drug-likeness (QED) is 0.608. The van der Waals surface area contributed by atoms with Crippen molar-refractivity contribution in [2.24, 2.45) is 0 Å². The molecular formula is C13H26N2O2. The van der Waals surface area contributed by atoms with Gasteiger partial charge in [-0.25, -0.2) is 0 Å². The van der Waals surface area contributed by atoms with Crippen molar-refractivity contribution in [3.05, 3.63) is 0 Å². The molecule has 1 N–H and O–H groups in total. The number of methoxy groups -OCH3 is 1. The number of nitrogens with one attached hydrogen (secondary N) is 1. The first-order valence-corrected chi connectivity index (χ1v) is 6.94. The van der Waals surface area contributed by atoms with Crippen LogP contribution in [0.3, 0.4) is 0 Å². The molecule has 0 aromatic heterocycles. The molecule has 1 heterocycles. The highest BCUT2D eigenvalue weighted by Crippen LogP contribution is 2.29. The molecule has 1 aliphatic carbocycles. The Labute approximate surface area is 105 Å². The van der Waals surface area contributed by atoms with Gasteiger partial charge in [0.2, 0.25) is 0 Å². The average molecular weight is 242 g/mol. The molecular weight excluding hydrogens is 216 g/mol. The Hall–Kier alpha value is -0.160. The zero-order chi connectivity index (χ0) is 11.9. The third kappa shape index (κ3) is 4.92. The highest BCUT2D eigenvalue weighted by atomic mass is 16.5. The largest absolute Gasteiger partial charge is 0.382 e. The molecule has 17 heavy (non-hydrogen) atoms. The molecule has 0 aromatic carbocycles. The fourth-order valence-corrected chi connectivity index (χ4v) is 2.45. The maximum absolute atomic E-state index is 5.43. The molecule has 0 bridgehead atoms. The lowest BCUT2D eigenvalue weighted by atomic mass is 10.2. The molecule has 1 aliphatic heterocycles. The normalized spacial score (nSPS) is 25.6. The zero-order valence-electron chi connectivity index (χ0n) is 11.0. The third-order valence-corrected chi connectivity index (χ3v) is 3.61. The monoisotopic (exact) mass is 242 g/mol. The number of nitrogens with zero attached hydrogens (tertiary/aromatic N) is 1. The summed E-state index contributed by atoms with van der Waals surface area (Å²) in [6.07, 6.45) is 5.28. The lowest BCUT2D eigenvalue weighted by Crippen LogP contribution is -2.34. The summed E-state index contributed by atoms with van der Waals surface area (Å²) in [6, 6.07) is 1.65. The standard InChI is InChI=1S/C13H26N2O2/c1-16-9-10-17-8-2-6-14-12-5-7-15(11-12)13-3-4-13/h12-14H,2-11H2,1H3. The van der Waals surface area contributed by atoms with Gasteiger partial charge in [-0.2, -0.15) is 0 Å². The highest BCUT2D eigenvalue weighted by Gasteiger charge is 2.33. The summed E-state index contributed by atoms with van der Waals surface area (Å²) in [5.74, 6) is 0. The van der Waals surface area contributed by atoms with E-state index in [0.29, 0.717) is 6.61 Å². The van der Waals surface area contributed by atoms with E-state index < -0.39 is 0 Å². The van der Waals surface area contributed by atoms with Crippen molar-refractivity contribution in [1.82, 2.24) is 10.2 Å². The van der Waals surface area contributed by atoms with Crippen LogP contribution >= 0.6 is 0 Å². The van der Waals surface area contributed by atoms with E-state index in [9.17, 15) is 0 Å². The Morgan fingerprint density at radius 3 is 2.82 bits per heavy atom. The molecule has 100 valence electrons. The van der Waals surface area contributed by atoms with E-state index in [4.69, 9.17) is 9.47 Å². The Morgan fingerprint density at radius 2 is 2.06 bits per heavy atom. The van der Waals surface area contributed by atoms with Gasteiger partial charge in [0.1, 0.15) is 0 Å². The molecule has 0 aromatic rings. The summed E-state index contributed by atoms with van der Waals surface area (Å²) in [7, 11) is 1.70. The Morgan fingerprint density at radius 1 is 1.18 bits per heavy atom. The van der Waals surface area contributed by atoms with Gasteiger partial charge in [0.05, 0.1) is 13.2 Å². The number of hydrogen-bond acceptors (Lipinski definition) is 4. The molecule has 4 nitrogen and oxygen atoms in total. The molecule has 2 rings (SSSR count). The Bertz CT molecular complexity index is 210. The molecule has 1 saturated heterocycles. The van der Waals surface area contributed by atoms with E-state index in [1.54, 1.807) is 7.11 Å². The van der Waals surface area contributed by atoms with Crippen LogP contribution in [0.25, 0.3) is 0 Å². The maximum Gasteiger partial charge on any atom is 0.0700 e. The van der Waals surface area contributed by atoms with E-state index in [0.717, 1.165) is 38.3 Å². The Kier molecular flexibility index (Phi) is 5.71. The summed E-state index contributed by atoms with van der Waals surface area (Å²) in [5.41, 5.74) is 0. The minimum Gasteiger partial charge on any atom is -0.382 e. The molecule has 0 amide bonds. The van der Waals surface area contributed by atoms with Crippen LogP contribution in [-0.4, -0.2) is 63.5 Å². The van der Waals surface area contributed by atoms with Gasteiger partial charge in [0, 0.05) is 38.9 Å². The van der Waals surface area contributed by atoms with Crippen LogP contribution in [0, 0.1) is 0 Å². The van der Waals surface area contributed by atoms with E-state index in [-0.39, 0.29) is 0 Å². The van der Waals surface area contributed by atoms with E-state index >= 15 is 0 Å². The number of ether oxygens (including phenoxy) is 2. The minimum absolute atomic E-state index is 0.701. The predicted octanol–water partition coefficient (Wildman–Crippen LogP) is 0.866. The van der Waals surface area contributed by atoms with Crippen LogP contribution in [0.1, 0.15) is 25.7 Å². The fourth-order valence-electron chi connectivity index (χ4n) is 2.45. The summed E-state index contributed by atoms with van der Waals surface area (Å²) in [6.45, 7) is 5.90. The van der Waals surface area contributed by atoms with Crippen molar-refractivity contribution in [3.63, 3.8) is 0 Å². The molecule has 2 fully saturated rings. The van der Waals surface area contributed by atoms with E-state index in [2.05, 4.69) is 10.2 Å². The van der Waals surface area contributed by atoms with Crippen molar-refractivity contribution in [3.8, 4) is 0 Å². The van der Waals surface area contributed by atoms with E-state index in [1.165, 1.54) is 32.4 Å². The molecule has 1 saturated carbocycles. The van der Waals surface area contributed by atoms with Crippen LogP contribution in [0.4, 0.5) is 0 Å². The Balaban J connectivity index is 1.40. The molecule has 2 aliphatic rings. The smallest absolute Gasteiger partial charge is 0.0700 e. The van der Waals surface area contributed by atoms with Crippen LogP contribution in [0.15, 0.2) is 0 Å². The molecule has 0 radical (unpaired) electrons. The van der Waals surface area contributed by atoms with Crippen molar-refractivity contribution < 1.29 is 9.47 Å². The lowest BCUT2D eigenvalue weighted by molar-refractivity contribution is 0.0692. The second-order valence-corrected chi connectivity index (χ2v) is 5.12. The summed E-state index contributed by atoms with van der Waals surface area (Å²) in [5, 5.41) is 3.63. The first-order chi connectivity index (χ1) is 8.40. The van der Waals surface area contributed by atoms with Crippen molar-refractivity contribution in [2.45, 2.75) is 37.8 Å². The number of hydrogen-bond donors (Lipinski definition) is 1. The third-order valence-electron chi connectivity index (χ3n) is 3.61. The summed E-state index contributed by atoms with van der Waals surface area (Å²) < 4.78 is 10.4. The van der Waals surface area contributed by atoms with Gasteiger partial charge >= 0.3 is 0 Å². The van der Waals surface area contributed by atoms with Crippen molar-refractivity contribution in [1.29, 1.82) is 0 Å². The van der Waals surface area contributed by atoms with Gasteiger partial charge in [0.15, 0.2) is 0 Å². The van der Waals surface area contributed by atoms with Gasteiger partial charge in [-0.1, -0.05) is 0 Å². The van der Waals surface area contributed by atoms with Gasteiger partial charge in [-0.15, -0.1) is 0 Å². The first kappa shape index (κ1) is 13.3. The van der Waals surface area contributed by atoms with Gasteiger partial charge < -0.3 is 14.8 Å². The van der Waals surface area contributed by atoms with Crippen molar-refractivity contribution in [2.75, 3.05) is 46.6 Å². The van der Waals surface area contributed by atoms with Crippen LogP contribution in [-0.2, 0) is 9.47 Å². The number of rotatable bonds is 9. The minimum atomic E-state index is 0.701. The zero-order valence-corrected chi connectivity index (χ0v) is 11.0. The van der Waals surface area contributed by atoms with Gasteiger partial charge in [-0.3, -0.25) is 4.90 Å². The second kappa shape index (κ2) is 7.31. The highest BCUT2D eigenvalue weighted by molar-refractivity contribution is 4.91. The van der Waals surface area contributed by atoms with E-state index in [1.807, 2.05) is 0 Å².